The van der Waals surface area contributed by atoms with Crippen LogP contribution >= 0.6 is 0 Å². The molecular formula is C13H18N2O2. The molecule has 2 atom stereocenters. The van der Waals surface area contributed by atoms with E-state index in [4.69, 9.17) is 5.11 Å². The van der Waals surface area contributed by atoms with Gasteiger partial charge in [-0.3, -0.25) is 4.79 Å². The minimum Gasteiger partial charge on any atom is -0.394 e. The van der Waals surface area contributed by atoms with Crippen LogP contribution in [0.25, 0.3) is 0 Å². The Hall–Kier alpha value is -1.55. The van der Waals surface area contributed by atoms with E-state index < -0.39 is 0 Å². The third kappa shape index (κ3) is 2.58. The minimum absolute atomic E-state index is 0.0120. The van der Waals surface area contributed by atoms with Gasteiger partial charge in [0.25, 0.3) is 0 Å². The van der Waals surface area contributed by atoms with Gasteiger partial charge in [-0.1, -0.05) is 25.1 Å². The van der Waals surface area contributed by atoms with Crippen molar-refractivity contribution in [3.05, 3.63) is 29.8 Å². The highest BCUT2D eigenvalue weighted by molar-refractivity contribution is 5.87. The fourth-order valence-electron chi connectivity index (χ4n) is 2.03. The van der Waals surface area contributed by atoms with Crippen LogP contribution < -0.4 is 10.6 Å². The predicted molar refractivity (Wildman–Crippen MR) is 66.9 cm³/mol. The number of amides is 1. The third-order valence-corrected chi connectivity index (χ3v) is 3.15. The Bertz CT molecular complexity index is 377. The smallest absolute Gasteiger partial charge is 0.243 e. The summed E-state index contributed by atoms with van der Waals surface area (Å²) in [5.41, 5.74) is 2.20. The molecule has 1 amide bonds. The summed E-state index contributed by atoms with van der Waals surface area (Å²) < 4.78 is 0. The molecule has 0 saturated carbocycles. The summed E-state index contributed by atoms with van der Waals surface area (Å²) in [5, 5.41) is 15.1. The molecule has 0 spiro atoms. The number of hydrogen-bond acceptors (Lipinski definition) is 3. The van der Waals surface area contributed by atoms with Gasteiger partial charge >= 0.3 is 0 Å². The number of para-hydroxylation sites is 1. The lowest BCUT2D eigenvalue weighted by molar-refractivity contribution is -0.122. The van der Waals surface area contributed by atoms with Crippen molar-refractivity contribution in [3.8, 4) is 0 Å². The topological polar surface area (TPSA) is 61.4 Å². The van der Waals surface area contributed by atoms with E-state index in [-0.39, 0.29) is 24.6 Å². The number of anilines is 1. The highest BCUT2D eigenvalue weighted by Crippen LogP contribution is 2.25. The quantitative estimate of drug-likeness (QED) is 0.725. The van der Waals surface area contributed by atoms with E-state index in [9.17, 15) is 4.79 Å². The Morgan fingerprint density at radius 3 is 3.00 bits per heavy atom. The summed E-state index contributed by atoms with van der Waals surface area (Å²) in [6.45, 7) is 1.93. The Morgan fingerprint density at radius 1 is 1.59 bits per heavy atom. The highest BCUT2D eigenvalue weighted by Gasteiger charge is 2.27. The first-order chi connectivity index (χ1) is 8.24. The molecule has 2 unspecified atom stereocenters. The molecule has 2 rings (SSSR count). The van der Waals surface area contributed by atoms with Crippen LogP contribution in [0.2, 0.25) is 0 Å². The van der Waals surface area contributed by atoms with Crippen molar-refractivity contribution >= 4 is 11.6 Å². The van der Waals surface area contributed by atoms with E-state index in [0.717, 1.165) is 12.1 Å². The zero-order valence-electron chi connectivity index (χ0n) is 9.94. The Labute approximate surface area is 101 Å². The number of fused-ring (bicyclic) bond motifs is 1. The lowest BCUT2D eigenvalue weighted by Gasteiger charge is -2.17. The average Bonchev–Trinajstić information content (AvgIpc) is 2.79. The van der Waals surface area contributed by atoms with Gasteiger partial charge < -0.3 is 15.7 Å². The van der Waals surface area contributed by atoms with Crippen molar-refractivity contribution in [3.63, 3.8) is 0 Å². The first-order valence-electron chi connectivity index (χ1n) is 6.00. The molecule has 3 N–H and O–H groups in total. The van der Waals surface area contributed by atoms with Gasteiger partial charge in [-0.15, -0.1) is 0 Å². The van der Waals surface area contributed by atoms with Gasteiger partial charge in [0, 0.05) is 12.1 Å². The molecule has 1 heterocycles. The maximum Gasteiger partial charge on any atom is 0.243 e. The van der Waals surface area contributed by atoms with Gasteiger partial charge in [-0.05, 0) is 18.1 Å². The minimum atomic E-state index is -0.215. The maximum atomic E-state index is 12.0. The largest absolute Gasteiger partial charge is 0.394 e. The Balaban J connectivity index is 1.96. The van der Waals surface area contributed by atoms with Crippen molar-refractivity contribution in [1.29, 1.82) is 0 Å². The molecule has 0 fully saturated rings. The van der Waals surface area contributed by atoms with Gasteiger partial charge in [-0.2, -0.15) is 0 Å². The zero-order chi connectivity index (χ0) is 12.3. The van der Waals surface area contributed by atoms with E-state index in [2.05, 4.69) is 10.6 Å². The number of aliphatic hydroxyl groups excluding tert-OH is 1. The third-order valence-electron chi connectivity index (χ3n) is 3.15. The van der Waals surface area contributed by atoms with Crippen molar-refractivity contribution in [2.24, 2.45) is 0 Å². The summed E-state index contributed by atoms with van der Waals surface area (Å²) in [4.78, 5) is 12.0. The van der Waals surface area contributed by atoms with Crippen LogP contribution in [-0.4, -0.2) is 29.7 Å². The van der Waals surface area contributed by atoms with Crippen molar-refractivity contribution in [1.82, 2.24) is 5.32 Å². The first-order valence-corrected chi connectivity index (χ1v) is 6.00. The monoisotopic (exact) mass is 234 g/mol. The molecule has 0 radical (unpaired) electrons. The van der Waals surface area contributed by atoms with E-state index >= 15 is 0 Å². The molecule has 1 aromatic rings. The van der Waals surface area contributed by atoms with Gasteiger partial charge in [0.2, 0.25) is 5.91 Å². The van der Waals surface area contributed by atoms with Crippen LogP contribution in [0.4, 0.5) is 5.69 Å². The molecule has 1 aliphatic heterocycles. The van der Waals surface area contributed by atoms with Crippen LogP contribution in [-0.2, 0) is 11.2 Å². The molecule has 0 saturated heterocycles. The Kier molecular flexibility index (Phi) is 3.64. The van der Waals surface area contributed by atoms with Crippen LogP contribution in [0.1, 0.15) is 18.9 Å². The zero-order valence-corrected chi connectivity index (χ0v) is 9.94. The lowest BCUT2D eigenvalue weighted by Crippen LogP contribution is -2.45. The molecule has 0 aromatic heterocycles. The molecule has 0 aliphatic carbocycles. The SMILES string of the molecule is CCC(CO)NC(=O)C1Cc2ccccc2N1. The first kappa shape index (κ1) is 11.9. The number of rotatable bonds is 4. The number of nitrogens with one attached hydrogen (secondary N) is 2. The Morgan fingerprint density at radius 2 is 2.35 bits per heavy atom. The van der Waals surface area contributed by atoms with Crippen LogP contribution in [0.5, 0.6) is 0 Å². The second kappa shape index (κ2) is 5.19. The maximum absolute atomic E-state index is 12.0. The molecule has 92 valence electrons. The second-order valence-corrected chi connectivity index (χ2v) is 4.35. The number of carbonyl (C=O) groups excluding carboxylic acids is 1. The molecule has 0 bridgehead atoms. The summed E-state index contributed by atoms with van der Waals surface area (Å²) in [6.07, 6.45) is 1.45. The number of carbonyl (C=O) groups is 1. The fourth-order valence-corrected chi connectivity index (χ4v) is 2.03. The van der Waals surface area contributed by atoms with Gasteiger partial charge in [-0.25, -0.2) is 0 Å². The molecule has 4 nitrogen and oxygen atoms in total. The highest BCUT2D eigenvalue weighted by atomic mass is 16.3. The molecule has 4 heteroatoms. The standard InChI is InChI=1S/C13H18N2O2/c1-2-10(8-16)14-13(17)12-7-9-5-3-4-6-11(9)15-12/h3-6,10,12,15-16H,2,7-8H2,1H3,(H,14,17). The van der Waals surface area contributed by atoms with E-state index in [1.54, 1.807) is 0 Å². The molecule has 1 aliphatic rings. The van der Waals surface area contributed by atoms with Crippen molar-refractivity contribution in [2.45, 2.75) is 31.8 Å². The van der Waals surface area contributed by atoms with Gasteiger partial charge in [0.15, 0.2) is 0 Å². The predicted octanol–water partition coefficient (Wildman–Crippen LogP) is 0.910. The van der Waals surface area contributed by atoms with Crippen molar-refractivity contribution < 1.29 is 9.90 Å². The average molecular weight is 234 g/mol. The van der Waals surface area contributed by atoms with Crippen LogP contribution in [0.3, 0.4) is 0 Å². The van der Waals surface area contributed by atoms with Crippen molar-refractivity contribution in [2.75, 3.05) is 11.9 Å². The normalized spacial score (nSPS) is 19.3. The molecule has 1 aromatic carbocycles. The number of aliphatic hydroxyl groups is 1. The van der Waals surface area contributed by atoms with E-state index in [1.807, 2.05) is 31.2 Å². The second-order valence-electron chi connectivity index (χ2n) is 4.35. The van der Waals surface area contributed by atoms with Crippen LogP contribution in [0.15, 0.2) is 24.3 Å². The number of hydrogen-bond donors (Lipinski definition) is 3. The fraction of sp³-hybridized carbons (Fsp3) is 0.462. The number of benzene rings is 1. The molecule has 17 heavy (non-hydrogen) atoms. The van der Waals surface area contributed by atoms with Gasteiger partial charge in [0.05, 0.1) is 12.6 Å². The summed E-state index contributed by atoms with van der Waals surface area (Å²) in [7, 11) is 0. The summed E-state index contributed by atoms with van der Waals surface area (Å²) in [6, 6.07) is 7.57. The molecular weight excluding hydrogens is 216 g/mol. The van der Waals surface area contributed by atoms with E-state index in [1.165, 1.54) is 5.56 Å². The summed E-state index contributed by atoms with van der Waals surface area (Å²) in [5.74, 6) is -0.0397. The summed E-state index contributed by atoms with van der Waals surface area (Å²) >= 11 is 0. The van der Waals surface area contributed by atoms with Gasteiger partial charge in [0.1, 0.15) is 6.04 Å². The van der Waals surface area contributed by atoms with Crippen LogP contribution in [0, 0.1) is 0 Å². The lowest BCUT2D eigenvalue weighted by atomic mass is 10.1. The van der Waals surface area contributed by atoms with E-state index in [0.29, 0.717) is 6.42 Å².